The average molecular weight is 366 g/mol. The number of sulfone groups is 1. The molecule has 1 aliphatic heterocycles. The van der Waals surface area contributed by atoms with Crippen molar-refractivity contribution >= 4 is 33.0 Å². The van der Waals surface area contributed by atoms with Crippen molar-refractivity contribution in [1.29, 1.82) is 0 Å². The van der Waals surface area contributed by atoms with Crippen LogP contribution >= 0.6 is 0 Å². The average Bonchev–Trinajstić information content (AvgIpc) is 2.50. The van der Waals surface area contributed by atoms with Crippen molar-refractivity contribution in [3.8, 4) is 0 Å². The summed E-state index contributed by atoms with van der Waals surface area (Å²) >= 11 is 0. The van der Waals surface area contributed by atoms with Crippen molar-refractivity contribution in [3.63, 3.8) is 0 Å². The van der Waals surface area contributed by atoms with Gasteiger partial charge in [-0.2, -0.15) is 0 Å². The van der Waals surface area contributed by atoms with Crippen molar-refractivity contribution in [2.24, 2.45) is 11.8 Å². The SMILES string of the molecule is CCC(C)[C@H]1C(=O)Nc2cc(S(C)(=O)=O)ccc2N1C(=O)CC(C)C. The van der Waals surface area contributed by atoms with Crippen LogP contribution in [0.25, 0.3) is 0 Å². The second kappa shape index (κ2) is 7.15. The van der Waals surface area contributed by atoms with Gasteiger partial charge >= 0.3 is 0 Å². The summed E-state index contributed by atoms with van der Waals surface area (Å²) in [5.74, 6) is -0.249. The molecule has 0 aliphatic carbocycles. The molecule has 6 nitrogen and oxygen atoms in total. The van der Waals surface area contributed by atoms with Crippen LogP contribution in [0.4, 0.5) is 11.4 Å². The minimum atomic E-state index is -3.40. The first kappa shape index (κ1) is 19.4. The maximum atomic E-state index is 12.9. The molecular formula is C18H26N2O4S. The lowest BCUT2D eigenvalue weighted by Gasteiger charge is -2.39. The maximum Gasteiger partial charge on any atom is 0.247 e. The van der Waals surface area contributed by atoms with E-state index in [1.807, 2.05) is 27.7 Å². The monoisotopic (exact) mass is 366 g/mol. The molecule has 0 saturated carbocycles. The molecule has 1 heterocycles. The Balaban J connectivity index is 2.58. The number of anilines is 2. The van der Waals surface area contributed by atoms with Gasteiger partial charge in [-0.3, -0.25) is 14.5 Å². The van der Waals surface area contributed by atoms with E-state index < -0.39 is 15.9 Å². The number of benzene rings is 1. The van der Waals surface area contributed by atoms with Gasteiger partial charge in [0.15, 0.2) is 9.84 Å². The van der Waals surface area contributed by atoms with Crippen LogP contribution in [-0.4, -0.2) is 32.5 Å². The van der Waals surface area contributed by atoms with E-state index >= 15 is 0 Å². The topological polar surface area (TPSA) is 83.6 Å². The van der Waals surface area contributed by atoms with Gasteiger partial charge in [-0.25, -0.2) is 8.42 Å². The van der Waals surface area contributed by atoms with E-state index in [0.717, 1.165) is 12.7 Å². The number of amides is 2. The number of carbonyl (C=O) groups is 2. The van der Waals surface area contributed by atoms with Crippen LogP contribution in [0.15, 0.2) is 23.1 Å². The summed E-state index contributed by atoms with van der Waals surface area (Å²) in [6.07, 6.45) is 2.19. The summed E-state index contributed by atoms with van der Waals surface area (Å²) in [7, 11) is -3.40. The first-order chi connectivity index (χ1) is 11.6. The van der Waals surface area contributed by atoms with Crippen LogP contribution < -0.4 is 10.2 Å². The summed E-state index contributed by atoms with van der Waals surface area (Å²) in [6.45, 7) is 7.82. The van der Waals surface area contributed by atoms with E-state index in [9.17, 15) is 18.0 Å². The third-order valence-corrected chi connectivity index (χ3v) is 5.61. The Bertz CT molecular complexity index is 786. The molecule has 0 aromatic heterocycles. The highest BCUT2D eigenvalue weighted by Crippen LogP contribution is 2.37. The fourth-order valence-corrected chi connectivity index (χ4v) is 3.65. The van der Waals surface area contributed by atoms with E-state index in [0.29, 0.717) is 17.8 Å². The first-order valence-electron chi connectivity index (χ1n) is 8.53. The van der Waals surface area contributed by atoms with Crippen molar-refractivity contribution in [2.45, 2.75) is 51.5 Å². The molecule has 1 aromatic rings. The van der Waals surface area contributed by atoms with E-state index in [-0.39, 0.29) is 28.5 Å². The first-order valence-corrected chi connectivity index (χ1v) is 10.4. The Hall–Kier alpha value is -1.89. The fourth-order valence-electron chi connectivity index (χ4n) is 3.00. The van der Waals surface area contributed by atoms with Gasteiger partial charge in [-0.05, 0) is 30.0 Å². The minimum Gasteiger partial charge on any atom is -0.322 e. The highest BCUT2D eigenvalue weighted by atomic mass is 32.2. The zero-order valence-corrected chi connectivity index (χ0v) is 16.2. The number of nitrogens with zero attached hydrogens (tertiary/aromatic N) is 1. The van der Waals surface area contributed by atoms with Crippen molar-refractivity contribution in [1.82, 2.24) is 0 Å². The molecule has 2 rings (SSSR count). The van der Waals surface area contributed by atoms with E-state index in [1.165, 1.54) is 12.1 Å². The fraction of sp³-hybridized carbons (Fsp3) is 0.556. The van der Waals surface area contributed by atoms with Crippen LogP contribution in [0, 0.1) is 11.8 Å². The molecule has 138 valence electrons. The molecule has 1 aromatic carbocycles. The molecule has 0 fully saturated rings. The van der Waals surface area contributed by atoms with Crippen molar-refractivity contribution in [3.05, 3.63) is 18.2 Å². The number of hydrogen-bond donors (Lipinski definition) is 1. The predicted octanol–water partition coefficient (Wildman–Crippen LogP) is 2.84. The molecule has 2 amide bonds. The molecule has 25 heavy (non-hydrogen) atoms. The lowest BCUT2D eigenvalue weighted by Crippen LogP contribution is -2.54. The van der Waals surface area contributed by atoms with Crippen LogP contribution in [0.1, 0.15) is 40.5 Å². The Morgan fingerprint density at radius 2 is 1.92 bits per heavy atom. The molecule has 1 N–H and O–H groups in total. The van der Waals surface area contributed by atoms with Crippen molar-refractivity contribution < 1.29 is 18.0 Å². The van der Waals surface area contributed by atoms with Crippen LogP contribution in [0.2, 0.25) is 0 Å². The minimum absolute atomic E-state index is 0.0150. The molecule has 7 heteroatoms. The van der Waals surface area contributed by atoms with Crippen molar-refractivity contribution in [2.75, 3.05) is 16.5 Å². The van der Waals surface area contributed by atoms with E-state index in [1.54, 1.807) is 11.0 Å². The molecule has 1 aliphatic rings. The largest absolute Gasteiger partial charge is 0.322 e. The van der Waals surface area contributed by atoms with Gasteiger partial charge in [0, 0.05) is 12.7 Å². The Morgan fingerprint density at radius 3 is 2.44 bits per heavy atom. The number of fused-ring (bicyclic) bond motifs is 1. The zero-order valence-electron chi connectivity index (χ0n) is 15.4. The second-order valence-electron chi connectivity index (χ2n) is 7.13. The Labute approximate surface area is 149 Å². The van der Waals surface area contributed by atoms with Crippen LogP contribution in [0.5, 0.6) is 0 Å². The Morgan fingerprint density at radius 1 is 1.28 bits per heavy atom. The van der Waals surface area contributed by atoms with Gasteiger partial charge in [0.05, 0.1) is 16.3 Å². The van der Waals surface area contributed by atoms with E-state index in [4.69, 9.17) is 0 Å². The number of carbonyl (C=O) groups excluding carboxylic acids is 2. The third-order valence-electron chi connectivity index (χ3n) is 4.49. The molecule has 0 spiro atoms. The highest BCUT2D eigenvalue weighted by Gasteiger charge is 2.39. The lowest BCUT2D eigenvalue weighted by molar-refractivity contribution is -0.125. The summed E-state index contributed by atoms with van der Waals surface area (Å²) in [6, 6.07) is 3.92. The van der Waals surface area contributed by atoms with Gasteiger partial charge < -0.3 is 5.32 Å². The highest BCUT2D eigenvalue weighted by molar-refractivity contribution is 7.90. The van der Waals surface area contributed by atoms with Gasteiger partial charge in [0.25, 0.3) is 0 Å². The van der Waals surface area contributed by atoms with Crippen LogP contribution in [0.3, 0.4) is 0 Å². The molecule has 2 atom stereocenters. The van der Waals surface area contributed by atoms with Gasteiger partial charge in [0.1, 0.15) is 6.04 Å². The lowest BCUT2D eigenvalue weighted by atomic mass is 9.93. The maximum absolute atomic E-state index is 12.9. The quantitative estimate of drug-likeness (QED) is 0.868. The molecule has 0 bridgehead atoms. The zero-order chi connectivity index (χ0) is 18.9. The van der Waals surface area contributed by atoms with Gasteiger partial charge in [-0.1, -0.05) is 34.1 Å². The Kier molecular flexibility index (Phi) is 5.56. The van der Waals surface area contributed by atoms with Gasteiger partial charge in [-0.15, -0.1) is 0 Å². The summed E-state index contributed by atoms with van der Waals surface area (Å²) in [4.78, 5) is 27.2. The van der Waals surface area contributed by atoms with Gasteiger partial charge in [0.2, 0.25) is 11.8 Å². The summed E-state index contributed by atoms with van der Waals surface area (Å²) < 4.78 is 23.6. The normalized spacial score (nSPS) is 18.7. The predicted molar refractivity (Wildman–Crippen MR) is 98.4 cm³/mol. The molecule has 0 saturated heterocycles. The van der Waals surface area contributed by atoms with E-state index in [2.05, 4.69) is 5.32 Å². The molecule has 1 unspecified atom stereocenters. The second-order valence-corrected chi connectivity index (χ2v) is 9.15. The van der Waals surface area contributed by atoms with Crippen LogP contribution in [-0.2, 0) is 19.4 Å². The molecule has 0 radical (unpaired) electrons. The number of hydrogen-bond acceptors (Lipinski definition) is 4. The molecular weight excluding hydrogens is 340 g/mol. The standard InChI is InChI=1S/C18H26N2O4S/c1-6-12(4)17-18(22)19-14-10-13(25(5,23)24)7-8-15(14)20(17)16(21)9-11(2)3/h7-8,10-12,17H,6,9H2,1-5H3,(H,19,22)/t12?,17-/m0/s1. The summed E-state index contributed by atoms with van der Waals surface area (Å²) in [5, 5.41) is 2.78. The number of nitrogens with one attached hydrogen (secondary N) is 1. The summed E-state index contributed by atoms with van der Waals surface area (Å²) in [5.41, 5.74) is 0.924. The smallest absolute Gasteiger partial charge is 0.247 e. The third kappa shape index (κ3) is 4.03. The number of rotatable bonds is 5.